The predicted molar refractivity (Wildman–Crippen MR) is 81.4 cm³/mol. The number of phenolic OH excluding ortho intramolecular Hbond substituents is 1. The molecule has 100 valence electrons. The lowest BCUT2D eigenvalue weighted by Gasteiger charge is -2.10. The van der Waals surface area contributed by atoms with Gasteiger partial charge in [0.05, 0.1) is 7.11 Å². The van der Waals surface area contributed by atoms with Crippen LogP contribution in [0.2, 0.25) is 0 Å². The van der Waals surface area contributed by atoms with Crippen molar-refractivity contribution in [2.75, 3.05) is 7.11 Å². The average molecular weight is 264 g/mol. The first kappa shape index (κ1) is 12.5. The second-order valence-corrected chi connectivity index (χ2v) is 4.82. The molecule has 0 saturated heterocycles. The summed E-state index contributed by atoms with van der Waals surface area (Å²) in [5.41, 5.74) is 2.46. The van der Waals surface area contributed by atoms with E-state index in [9.17, 15) is 5.11 Å². The molecule has 3 rings (SSSR count). The lowest BCUT2D eigenvalue weighted by molar-refractivity contribution is 0.374. The van der Waals surface area contributed by atoms with Gasteiger partial charge in [-0.2, -0.15) is 0 Å². The molecule has 2 nitrogen and oxygen atoms in total. The molecule has 3 aromatic rings. The van der Waals surface area contributed by atoms with Crippen LogP contribution in [0.5, 0.6) is 11.5 Å². The summed E-state index contributed by atoms with van der Waals surface area (Å²) in [5, 5.41) is 12.1. The largest absolute Gasteiger partial charge is 0.504 e. The zero-order valence-electron chi connectivity index (χ0n) is 11.3. The molecule has 0 aromatic heterocycles. The van der Waals surface area contributed by atoms with Crippen molar-refractivity contribution in [3.05, 3.63) is 71.8 Å². The minimum Gasteiger partial charge on any atom is -0.504 e. The van der Waals surface area contributed by atoms with Gasteiger partial charge >= 0.3 is 0 Å². The van der Waals surface area contributed by atoms with E-state index in [0.29, 0.717) is 5.75 Å². The Balaban J connectivity index is 2.09. The summed E-state index contributed by atoms with van der Waals surface area (Å²) >= 11 is 0. The summed E-state index contributed by atoms with van der Waals surface area (Å²) in [7, 11) is 1.56. The van der Waals surface area contributed by atoms with Crippen molar-refractivity contribution >= 4 is 10.8 Å². The van der Waals surface area contributed by atoms with Crippen LogP contribution in [0.1, 0.15) is 11.1 Å². The van der Waals surface area contributed by atoms with Crippen molar-refractivity contribution in [3.8, 4) is 11.5 Å². The first-order chi connectivity index (χ1) is 9.78. The van der Waals surface area contributed by atoms with E-state index in [1.165, 1.54) is 11.1 Å². The fraction of sp³-hybridized carbons (Fsp3) is 0.111. The Morgan fingerprint density at radius 1 is 0.950 bits per heavy atom. The van der Waals surface area contributed by atoms with E-state index in [2.05, 4.69) is 18.2 Å². The molecule has 2 heteroatoms. The Kier molecular flexibility index (Phi) is 3.30. The van der Waals surface area contributed by atoms with Gasteiger partial charge in [-0.3, -0.25) is 0 Å². The highest BCUT2D eigenvalue weighted by Crippen LogP contribution is 2.33. The third-order valence-electron chi connectivity index (χ3n) is 3.51. The van der Waals surface area contributed by atoms with Crippen LogP contribution >= 0.6 is 0 Å². The molecule has 0 aliphatic carbocycles. The molecule has 0 radical (unpaired) electrons. The third-order valence-corrected chi connectivity index (χ3v) is 3.51. The Labute approximate surface area is 118 Å². The lowest BCUT2D eigenvalue weighted by atomic mass is 9.98. The van der Waals surface area contributed by atoms with E-state index >= 15 is 0 Å². The van der Waals surface area contributed by atoms with Crippen LogP contribution in [0.3, 0.4) is 0 Å². The van der Waals surface area contributed by atoms with Gasteiger partial charge in [-0.05, 0) is 40.5 Å². The maximum Gasteiger partial charge on any atom is 0.161 e. The Morgan fingerprint density at radius 3 is 2.50 bits per heavy atom. The fourth-order valence-electron chi connectivity index (χ4n) is 2.49. The molecule has 0 unspecified atom stereocenters. The van der Waals surface area contributed by atoms with Gasteiger partial charge in [0.15, 0.2) is 11.5 Å². The second-order valence-electron chi connectivity index (χ2n) is 4.82. The number of rotatable bonds is 3. The van der Waals surface area contributed by atoms with Crippen molar-refractivity contribution in [3.63, 3.8) is 0 Å². The highest BCUT2D eigenvalue weighted by atomic mass is 16.5. The highest BCUT2D eigenvalue weighted by Gasteiger charge is 2.07. The second kappa shape index (κ2) is 5.25. The normalized spacial score (nSPS) is 10.7. The third kappa shape index (κ3) is 2.32. The Hall–Kier alpha value is -2.48. The Morgan fingerprint density at radius 2 is 1.75 bits per heavy atom. The molecule has 1 N–H and O–H groups in total. The van der Waals surface area contributed by atoms with Crippen LogP contribution in [-0.2, 0) is 6.42 Å². The number of methoxy groups -OCH3 is 1. The van der Waals surface area contributed by atoms with E-state index in [0.717, 1.165) is 17.2 Å². The Bertz CT molecular complexity index is 733. The van der Waals surface area contributed by atoms with Crippen LogP contribution in [-0.4, -0.2) is 12.2 Å². The summed E-state index contributed by atoms with van der Waals surface area (Å²) in [4.78, 5) is 0. The molecule has 0 aliphatic heterocycles. The first-order valence-electron chi connectivity index (χ1n) is 6.60. The van der Waals surface area contributed by atoms with Gasteiger partial charge in [0.25, 0.3) is 0 Å². The number of phenols is 1. The van der Waals surface area contributed by atoms with Crippen molar-refractivity contribution < 1.29 is 9.84 Å². The monoisotopic (exact) mass is 264 g/mol. The molecule has 0 fully saturated rings. The van der Waals surface area contributed by atoms with Crippen LogP contribution < -0.4 is 4.74 Å². The zero-order chi connectivity index (χ0) is 13.9. The lowest BCUT2D eigenvalue weighted by Crippen LogP contribution is -1.91. The van der Waals surface area contributed by atoms with Crippen LogP contribution in [0.15, 0.2) is 60.7 Å². The summed E-state index contributed by atoms with van der Waals surface area (Å²) in [5.74, 6) is 0.690. The molecule has 0 amide bonds. The van der Waals surface area contributed by atoms with Crippen molar-refractivity contribution in [1.82, 2.24) is 0 Å². The number of ether oxygens (including phenoxy) is 1. The predicted octanol–water partition coefficient (Wildman–Crippen LogP) is 4.14. The number of hydrogen-bond acceptors (Lipinski definition) is 2. The molecule has 0 saturated carbocycles. The number of hydrogen-bond donors (Lipinski definition) is 1. The van der Waals surface area contributed by atoms with Gasteiger partial charge < -0.3 is 9.84 Å². The van der Waals surface area contributed by atoms with E-state index in [1.54, 1.807) is 13.2 Å². The molecule has 3 aromatic carbocycles. The van der Waals surface area contributed by atoms with Gasteiger partial charge in [-0.1, -0.05) is 48.5 Å². The molecule has 0 bridgehead atoms. The molecule has 0 spiro atoms. The maximum absolute atomic E-state index is 9.97. The van der Waals surface area contributed by atoms with E-state index in [-0.39, 0.29) is 5.75 Å². The number of fused-ring (bicyclic) bond motifs is 1. The highest BCUT2D eigenvalue weighted by molar-refractivity contribution is 5.89. The van der Waals surface area contributed by atoms with Crippen LogP contribution in [0.25, 0.3) is 10.8 Å². The summed E-state index contributed by atoms with van der Waals surface area (Å²) in [6.07, 6.45) is 0.851. The number of benzene rings is 3. The maximum atomic E-state index is 9.97. The van der Waals surface area contributed by atoms with Gasteiger partial charge in [0.1, 0.15) is 0 Å². The molecule has 0 aliphatic rings. The minimum absolute atomic E-state index is 0.181. The smallest absolute Gasteiger partial charge is 0.161 e. The topological polar surface area (TPSA) is 29.5 Å². The van der Waals surface area contributed by atoms with E-state index in [4.69, 9.17) is 4.74 Å². The van der Waals surface area contributed by atoms with Crippen molar-refractivity contribution in [1.29, 1.82) is 0 Å². The zero-order valence-corrected chi connectivity index (χ0v) is 11.3. The van der Waals surface area contributed by atoms with Crippen LogP contribution in [0.4, 0.5) is 0 Å². The van der Waals surface area contributed by atoms with Gasteiger partial charge in [0.2, 0.25) is 0 Å². The SMILES string of the molecule is COc1cc2cccc(Cc3ccccc3)c2cc1O. The van der Waals surface area contributed by atoms with Crippen molar-refractivity contribution in [2.24, 2.45) is 0 Å². The molecule has 0 heterocycles. The van der Waals surface area contributed by atoms with E-state index < -0.39 is 0 Å². The van der Waals surface area contributed by atoms with Gasteiger partial charge in [0, 0.05) is 0 Å². The van der Waals surface area contributed by atoms with Crippen molar-refractivity contribution in [2.45, 2.75) is 6.42 Å². The van der Waals surface area contributed by atoms with Gasteiger partial charge in [-0.25, -0.2) is 0 Å². The standard InChI is InChI=1S/C18H16O2/c1-20-18-11-15-9-5-8-14(16(15)12-17(18)19)10-13-6-3-2-4-7-13/h2-9,11-12,19H,10H2,1H3. The minimum atomic E-state index is 0.181. The summed E-state index contributed by atoms with van der Waals surface area (Å²) in [6.45, 7) is 0. The quantitative estimate of drug-likeness (QED) is 0.770. The van der Waals surface area contributed by atoms with Crippen LogP contribution in [0, 0.1) is 0 Å². The average Bonchev–Trinajstić information content (AvgIpc) is 2.48. The number of aromatic hydroxyl groups is 1. The summed E-state index contributed by atoms with van der Waals surface area (Å²) < 4.78 is 5.16. The molecular weight excluding hydrogens is 248 g/mol. The van der Waals surface area contributed by atoms with E-state index in [1.807, 2.05) is 36.4 Å². The fourth-order valence-corrected chi connectivity index (χ4v) is 2.49. The molecule has 0 atom stereocenters. The van der Waals surface area contributed by atoms with Gasteiger partial charge in [-0.15, -0.1) is 0 Å². The first-order valence-corrected chi connectivity index (χ1v) is 6.60. The summed E-state index contributed by atoms with van der Waals surface area (Å²) in [6, 6.07) is 20.2. The molecule has 20 heavy (non-hydrogen) atoms. The molecular formula is C18H16O2.